The van der Waals surface area contributed by atoms with Crippen molar-refractivity contribution in [3.05, 3.63) is 0 Å². The Bertz CT molecular complexity index is 238. The van der Waals surface area contributed by atoms with E-state index in [0.717, 1.165) is 19.5 Å². The van der Waals surface area contributed by atoms with Gasteiger partial charge in [0.15, 0.2) is 0 Å². The summed E-state index contributed by atoms with van der Waals surface area (Å²) >= 11 is 0. The number of likely N-dealkylation sites (tertiary alicyclic amines) is 1. The fourth-order valence-electron chi connectivity index (χ4n) is 1.89. The number of amides is 1. The topological polar surface area (TPSA) is 29.5 Å². The summed E-state index contributed by atoms with van der Waals surface area (Å²) in [5.41, 5.74) is 0.260. The van der Waals surface area contributed by atoms with Gasteiger partial charge in [0.05, 0.1) is 6.10 Å². The summed E-state index contributed by atoms with van der Waals surface area (Å²) in [5.74, 6) is 0.606. The molecule has 0 unspecified atom stereocenters. The first-order valence-electron chi connectivity index (χ1n) is 5.81. The van der Waals surface area contributed by atoms with Crippen molar-refractivity contribution >= 4 is 6.09 Å². The Morgan fingerprint density at radius 3 is 2.33 bits per heavy atom. The quantitative estimate of drug-likeness (QED) is 0.706. The van der Waals surface area contributed by atoms with E-state index < -0.39 is 0 Å². The van der Waals surface area contributed by atoms with E-state index in [0.29, 0.717) is 5.92 Å². The molecule has 1 aliphatic rings. The first-order chi connectivity index (χ1) is 6.85. The highest BCUT2D eigenvalue weighted by molar-refractivity contribution is 5.68. The van der Waals surface area contributed by atoms with Crippen molar-refractivity contribution in [2.75, 3.05) is 13.1 Å². The van der Waals surface area contributed by atoms with Crippen LogP contribution >= 0.6 is 0 Å². The zero-order valence-corrected chi connectivity index (χ0v) is 10.5. The lowest BCUT2D eigenvalue weighted by Gasteiger charge is -2.28. The Hall–Kier alpha value is -0.730. The van der Waals surface area contributed by atoms with Gasteiger partial charge in [0.25, 0.3) is 0 Å². The van der Waals surface area contributed by atoms with Gasteiger partial charge in [-0.2, -0.15) is 0 Å². The first kappa shape index (κ1) is 12.3. The average molecular weight is 213 g/mol. The molecule has 0 aromatic heterocycles. The number of rotatable bonds is 2. The summed E-state index contributed by atoms with van der Waals surface area (Å²) in [6, 6.07) is 0. The number of hydrogen-bond donors (Lipinski definition) is 0. The number of carbonyl (C=O) groups is 1. The molecule has 3 nitrogen and oxygen atoms in total. The molecule has 1 fully saturated rings. The summed E-state index contributed by atoms with van der Waals surface area (Å²) < 4.78 is 5.19. The predicted octanol–water partition coefficient (Wildman–Crippen LogP) is 2.90. The molecule has 1 rings (SSSR count). The lowest BCUT2D eigenvalue weighted by atomic mass is 9.79. The molecule has 0 bridgehead atoms. The van der Waals surface area contributed by atoms with Crippen LogP contribution in [0.5, 0.6) is 0 Å². The smallest absolute Gasteiger partial charge is 0.410 e. The maximum atomic E-state index is 11.7. The maximum absolute atomic E-state index is 11.7. The molecule has 0 aromatic rings. The molecule has 1 aliphatic heterocycles. The molecule has 0 radical (unpaired) electrons. The van der Waals surface area contributed by atoms with Gasteiger partial charge in [-0.15, -0.1) is 0 Å². The van der Waals surface area contributed by atoms with E-state index in [2.05, 4.69) is 20.8 Å². The highest BCUT2D eigenvalue weighted by Crippen LogP contribution is 2.37. The summed E-state index contributed by atoms with van der Waals surface area (Å²) in [5, 5.41) is 0. The standard InChI is InChI=1S/C12H23NO2/c1-9(2)12(5)6-7-13(8-12)11(14)15-10(3)4/h9-10H,6-8H2,1-5H3/t12-/m1/s1. The van der Waals surface area contributed by atoms with E-state index >= 15 is 0 Å². The second kappa shape index (κ2) is 4.42. The van der Waals surface area contributed by atoms with E-state index in [1.54, 1.807) is 0 Å². The Morgan fingerprint density at radius 1 is 1.33 bits per heavy atom. The third-order valence-corrected chi connectivity index (χ3v) is 3.49. The largest absolute Gasteiger partial charge is 0.447 e. The van der Waals surface area contributed by atoms with Crippen molar-refractivity contribution < 1.29 is 9.53 Å². The van der Waals surface area contributed by atoms with E-state index in [1.165, 1.54) is 0 Å². The van der Waals surface area contributed by atoms with Crippen molar-refractivity contribution in [1.82, 2.24) is 4.90 Å². The van der Waals surface area contributed by atoms with Gasteiger partial charge in [-0.3, -0.25) is 0 Å². The van der Waals surface area contributed by atoms with Crippen LogP contribution in [0.25, 0.3) is 0 Å². The molecule has 1 atom stereocenters. The van der Waals surface area contributed by atoms with Gasteiger partial charge in [0.1, 0.15) is 0 Å². The number of ether oxygens (including phenoxy) is 1. The SMILES string of the molecule is CC(C)OC(=O)N1CC[C@@](C)(C(C)C)C1. The van der Waals surface area contributed by atoms with Gasteiger partial charge in [0.2, 0.25) is 0 Å². The van der Waals surface area contributed by atoms with E-state index in [9.17, 15) is 4.79 Å². The van der Waals surface area contributed by atoms with Gasteiger partial charge in [-0.1, -0.05) is 20.8 Å². The fraction of sp³-hybridized carbons (Fsp3) is 0.917. The normalized spacial score (nSPS) is 26.5. The Balaban J connectivity index is 2.52. The van der Waals surface area contributed by atoms with Crippen molar-refractivity contribution in [1.29, 1.82) is 0 Å². The third kappa shape index (κ3) is 2.86. The molecule has 0 N–H and O–H groups in total. The van der Waals surface area contributed by atoms with Crippen LogP contribution in [0.1, 0.15) is 41.0 Å². The van der Waals surface area contributed by atoms with Crippen LogP contribution in [-0.4, -0.2) is 30.2 Å². The molecule has 1 saturated heterocycles. The van der Waals surface area contributed by atoms with Gasteiger partial charge in [-0.05, 0) is 31.6 Å². The van der Waals surface area contributed by atoms with Crippen LogP contribution in [0.15, 0.2) is 0 Å². The number of hydrogen-bond acceptors (Lipinski definition) is 2. The minimum absolute atomic E-state index is 0.0246. The van der Waals surface area contributed by atoms with Crippen LogP contribution in [0.4, 0.5) is 4.79 Å². The van der Waals surface area contributed by atoms with Crippen LogP contribution in [0.2, 0.25) is 0 Å². The monoisotopic (exact) mass is 213 g/mol. The van der Waals surface area contributed by atoms with E-state index in [-0.39, 0.29) is 17.6 Å². The van der Waals surface area contributed by atoms with E-state index in [1.807, 2.05) is 18.7 Å². The van der Waals surface area contributed by atoms with Crippen LogP contribution in [0, 0.1) is 11.3 Å². The van der Waals surface area contributed by atoms with Gasteiger partial charge in [0, 0.05) is 13.1 Å². The minimum Gasteiger partial charge on any atom is -0.447 e. The van der Waals surface area contributed by atoms with Gasteiger partial charge < -0.3 is 9.64 Å². The molecular weight excluding hydrogens is 190 g/mol. The second-order valence-corrected chi connectivity index (χ2v) is 5.41. The zero-order valence-electron chi connectivity index (χ0n) is 10.5. The van der Waals surface area contributed by atoms with Gasteiger partial charge >= 0.3 is 6.09 Å². The summed E-state index contributed by atoms with van der Waals surface area (Å²) in [4.78, 5) is 13.5. The Morgan fingerprint density at radius 2 is 1.93 bits per heavy atom. The molecule has 0 aromatic carbocycles. The zero-order chi connectivity index (χ0) is 11.6. The van der Waals surface area contributed by atoms with Gasteiger partial charge in [-0.25, -0.2) is 4.79 Å². The molecule has 15 heavy (non-hydrogen) atoms. The predicted molar refractivity (Wildman–Crippen MR) is 60.8 cm³/mol. The molecule has 1 amide bonds. The summed E-state index contributed by atoms with van der Waals surface area (Å²) in [6.45, 7) is 12.1. The Kier molecular flexibility index (Phi) is 3.63. The molecule has 0 aliphatic carbocycles. The van der Waals surface area contributed by atoms with Crippen LogP contribution in [-0.2, 0) is 4.74 Å². The minimum atomic E-state index is -0.158. The summed E-state index contributed by atoms with van der Waals surface area (Å²) in [7, 11) is 0. The summed E-state index contributed by atoms with van der Waals surface area (Å²) in [6.07, 6.45) is 0.899. The average Bonchev–Trinajstić information content (AvgIpc) is 2.48. The molecule has 88 valence electrons. The third-order valence-electron chi connectivity index (χ3n) is 3.49. The van der Waals surface area contributed by atoms with Crippen LogP contribution < -0.4 is 0 Å². The molecule has 0 saturated carbocycles. The fourth-order valence-corrected chi connectivity index (χ4v) is 1.89. The highest BCUT2D eigenvalue weighted by atomic mass is 16.6. The molecule has 0 spiro atoms. The van der Waals surface area contributed by atoms with E-state index in [4.69, 9.17) is 4.74 Å². The lowest BCUT2D eigenvalue weighted by Crippen LogP contribution is -2.34. The maximum Gasteiger partial charge on any atom is 0.410 e. The number of nitrogens with zero attached hydrogens (tertiary/aromatic N) is 1. The molecular formula is C12H23NO2. The number of carbonyl (C=O) groups excluding carboxylic acids is 1. The van der Waals surface area contributed by atoms with Crippen molar-refractivity contribution in [3.8, 4) is 0 Å². The first-order valence-corrected chi connectivity index (χ1v) is 5.81. The van der Waals surface area contributed by atoms with Crippen molar-refractivity contribution in [2.45, 2.75) is 47.1 Å². The lowest BCUT2D eigenvalue weighted by molar-refractivity contribution is 0.0783. The molecule has 3 heteroatoms. The molecule has 1 heterocycles. The van der Waals surface area contributed by atoms with Crippen molar-refractivity contribution in [3.63, 3.8) is 0 Å². The highest BCUT2D eigenvalue weighted by Gasteiger charge is 2.38. The van der Waals surface area contributed by atoms with Crippen molar-refractivity contribution in [2.24, 2.45) is 11.3 Å². The van der Waals surface area contributed by atoms with Crippen LogP contribution in [0.3, 0.4) is 0 Å². The Labute approximate surface area is 92.8 Å². The second-order valence-electron chi connectivity index (χ2n) is 5.41.